The summed E-state index contributed by atoms with van der Waals surface area (Å²) >= 11 is 0. The highest BCUT2D eigenvalue weighted by Crippen LogP contribution is 2.25. The van der Waals surface area contributed by atoms with E-state index >= 15 is 0 Å². The van der Waals surface area contributed by atoms with Crippen LogP contribution in [-0.4, -0.2) is 71.7 Å². The molecule has 0 aromatic heterocycles. The quantitative estimate of drug-likeness (QED) is 0.460. The standard InChI is InChI=1S/C23H36N2O7/c1-23(2,3)32-20(28)14-17-8-5-4-7-16(13-19(27)24-10-12-26)21(29)25-11-6-9-18(25)15-31-22(17)30/h4-5,16-18,26H,6-15H2,1-3H3,(H,24,27)/b5-4-/t16-,17+,18+/m1/s1. The third-order valence-corrected chi connectivity index (χ3v) is 5.47. The summed E-state index contributed by atoms with van der Waals surface area (Å²) in [4.78, 5) is 52.0. The number of fused-ring (bicyclic) bond motifs is 1. The molecule has 2 aliphatic rings. The smallest absolute Gasteiger partial charge is 0.309 e. The van der Waals surface area contributed by atoms with Crippen molar-refractivity contribution in [3.8, 4) is 0 Å². The van der Waals surface area contributed by atoms with Crippen LogP contribution < -0.4 is 5.32 Å². The minimum atomic E-state index is -0.669. The number of carbonyl (C=O) groups is 4. The molecule has 2 N–H and O–H groups in total. The third-order valence-electron chi connectivity index (χ3n) is 5.47. The Morgan fingerprint density at radius 3 is 2.53 bits per heavy atom. The Morgan fingerprint density at radius 2 is 1.88 bits per heavy atom. The zero-order valence-electron chi connectivity index (χ0n) is 19.3. The second-order valence-electron chi connectivity index (χ2n) is 9.36. The Kier molecular flexibility index (Phi) is 9.68. The molecule has 9 heteroatoms. The molecule has 2 amide bonds. The van der Waals surface area contributed by atoms with E-state index in [1.54, 1.807) is 37.8 Å². The molecule has 2 aliphatic heterocycles. The number of aliphatic hydroxyl groups is 1. The average Bonchev–Trinajstić information content (AvgIpc) is 3.17. The highest BCUT2D eigenvalue weighted by atomic mass is 16.6. The predicted molar refractivity (Wildman–Crippen MR) is 116 cm³/mol. The van der Waals surface area contributed by atoms with Gasteiger partial charge < -0.3 is 24.8 Å². The van der Waals surface area contributed by atoms with Gasteiger partial charge in [0.15, 0.2) is 0 Å². The molecule has 0 bridgehead atoms. The van der Waals surface area contributed by atoms with E-state index in [1.807, 2.05) is 0 Å². The normalized spacial score (nSPS) is 25.8. The van der Waals surface area contributed by atoms with Crippen molar-refractivity contribution in [3.63, 3.8) is 0 Å². The maximum atomic E-state index is 13.1. The molecule has 0 aromatic rings. The van der Waals surface area contributed by atoms with Gasteiger partial charge in [-0.25, -0.2) is 0 Å². The Morgan fingerprint density at radius 1 is 1.19 bits per heavy atom. The number of hydrogen-bond acceptors (Lipinski definition) is 7. The van der Waals surface area contributed by atoms with Crippen LogP contribution in [0.25, 0.3) is 0 Å². The summed E-state index contributed by atoms with van der Waals surface area (Å²) in [5, 5.41) is 11.5. The van der Waals surface area contributed by atoms with Gasteiger partial charge in [-0.1, -0.05) is 12.2 Å². The van der Waals surface area contributed by atoms with Gasteiger partial charge in [-0.15, -0.1) is 0 Å². The first-order valence-corrected chi connectivity index (χ1v) is 11.3. The number of hydrogen-bond donors (Lipinski definition) is 2. The number of cyclic esters (lactones) is 1. The molecule has 180 valence electrons. The molecule has 9 nitrogen and oxygen atoms in total. The van der Waals surface area contributed by atoms with Crippen LogP contribution in [0.15, 0.2) is 12.2 Å². The molecule has 0 aliphatic carbocycles. The summed E-state index contributed by atoms with van der Waals surface area (Å²) in [7, 11) is 0. The van der Waals surface area contributed by atoms with Crippen LogP contribution in [0.2, 0.25) is 0 Å². The zero-order chi connectivity index (χ0) is 23.7. The van der Waals surface area contributed by atoms with Crippen LogP contribution in [0.5, 0.6) is 0 Å². The molecule has 0 radical (unpaired) electrons. The second kappa shape index (κ2) is 12.0. The van der Waals surface area contributed by atoms with Gasteiger partial charge in [0.05, 0.1) is 30.9 Å². The topological polar surface area (TPSA) is 122 Å². The van der Waals surface area contributed by atoms with Gasteiger partial charge in [0.25, 0.3) is 0 Å². The van der Waals surface area contributed by atoms with Crippen LogP contribution in [0.4, 0.5) is 0 Å². The lowest BCUT2D eigenvalue weighted by Gasteiger charge is -2.29. The number of aliphatic hydroxyl groups excluding tert-OH is 1. The lowest BCUT2D eigenvalue weighted by atomic mass is 9.96. The maximum absolute atomic E-state index is 13.1. The first-order chi connectivity index (χ1) is 15.1. The fourth-order valence-electron chi connectivity index (χ4n) is 3.96. The fraction of sp³-hybridized carbons (Fsp3) is 0.739. The van der Waals surface area contributed by atoms with E-state index in [4.69, 9.17) is 14.6 Å². The third kappa shape index (κ3) is 8.26. The molecule has 32 heavy (non-hydrogen) atoms. The first kappa shape index (κ1) is 25.8. The average molecular weight is 453 g/mol. The van der Waals surface area contributed by atoms with E-state index in [1.165, 1.54) is 0 Å². The van der Waals surface area contributed by atoms with Gasteiger partial charge in [-0.05, 0) is 46.5 Å². The minimum absolute atomic E-state index is 0.0213. The summed E-state index contributed by atoms with van der Waals surface area (Å²) in [6, 6.07) is -0.236. The second-order valence-corrected chi connectivity index (χ2v) is 9.36. The highest BCUT2D eigenvalue weighted by molar-refractivity contribution is 5.86. The molecule has 0 spiro atoms. The van der Waals surface area contributed by atoms with Crippen molar-refractivity contribution < 1.29 is 33.8 Å². The van der Waals surface area contributed by atoms with Crippen LogP contribution in [0.1, 0.15) is 59.3 Å². The van der Waals surface area contributed by atoms with Crippen molar-refractivity contribution in [2.24, 2.45) is 11.8 Å². The lowest BCUT2D eigenvalue weighted by Crippen LogP contribution is -2.44. The van der Waals surface area contributed by atoms with Crippen molar-refractivity contribution in [1.82, 2.24) is 10.2 Å². The number of nitrogens with one attached hydrogen (secondary N) is 1. The number of esters is 2. The van der Waals surface area contributed by atoms with Crippen LogP contribution >= 0.6 is 0 Å². The fourth-order valence-corrected chi connectivity index (χ4v) is 3.96. The van der Waals surface area contributed by atoms with Crippen molar-refractivity contribution in [1.29, 1.82) is 0 Å². The number of rotatable bonds is 6. The van der Waals surface area contributed by atoms with Crippen molar-refractivity contribution in [2.45, 2.75) is 70.9 Å². The molecule has 3 atom stereocenters. The van der Waals surface area contributed by atoms with Gasteiger partial charge in [0.1, 0.15) is 12.2 Å². The maximum Gasteiger partial charge on any atom is 0.309 e. The van der Waals surface area contributed by atoms with Gasteiger partial charge in [-0.3, -0.25) is 19.2 Å². The lowest BCUT2D eigenvalue weighted by molar-refractivity contribution is -0.162. The molecule has 1 saturated heterocycles. The van der Waals surface area contributed by atoms with Crippen LogP contribution in [0.3, 0.4) is 0 Å². The van der Waals surface area contributed by atoms with Crippen LogP contribution in [0, 0.1) is 11.8 Å². The largest absolute Gasteiger partial charge is 0.463 e. The summed E-state index contributed by atoms with van der Waals surface area (Å²) < 4.78 is 10.9. The molecule has 1 fully saturated rings. The zero-order valence-corrected chi connectivity index (χ0v) is 19.3. The SMILES string of the molecule is CC(C)(C)OC(=O)C[C@@H]1C/C=C\C[C@H](CC(=O)NCCO)C(=O)N2CCC[C@H]2COC1=O. The molecule has 0 saturated carbocycles. The molecular weight excluding hydrogens is 416 g/mol. The molecule has 2 heterocycles. The van der Waals surface area contributed by atoms with Gasteiger partial charge in [-0.2, -0.15) is 0 Å². The predicted octanol–water partition coefficient (Wildman–Crippen LogP) is 1.33. The number of allylic oxidation sites excluding steroid dienone is 2. The molecule has 2 rings (SSSR count). The Hall–Kier alpha value is -2.42. The molecule has 0 aromatic carbocycles. The van der Waals surface area contributed by atoms with E-state index in [9.17, 15) is 19.2 Å². The number of nitrogens with zero attached hydrogens (tertiary/aromatic N) is 1. The van der Waals surface area contributed by atoms with E-state index in [0.717, 1.165) is 12.8 Å². The van der Waals surface area contributed by atoms with Gasteiger partial charge in [0, 0.05) is 19.5 Å². The van der Waals surface area contributed by atoms with E-state index in [2.05, 4.69) is 5.32 Å². The monoisotopic (exact) mass is 452 g/mol. The summed E-state index contributed by atoms with van der Waals surface area (Å²) in [6.45, 7) is 5.92. The number of carbonyl (C=O) groups excluding carboxylic acids is 4. The molecular formula is C23H36N2O7. The summed E-state index contributed by atoms with van der Waals surface area (Å²) in [5.74, 6) is -2.56. The Balaban J connectivity index is 2.14. The van der Waals surface area contributed by atoms with Gasteiger partial charge in [0.2, 0.25) is 11.8 Å². The molecule has 0 unspecified atom stereocenters. The van der Waals surface area contributed by atoms with Crippen LogP contribution in [-0.2, 0) is 28.7 Å². The van der Waals surface area contributed by atoms with Crippen molar-refractivity contribution in [3.05, 3.63) is 12.2 Å². The van der Waals surface area contributed by atoms with Crippen molar-refractivity contribution >= 4 is 23.8 Å². The first-order valence-electron chi connectivity index (χ1n) is 11.3. The summed E-state index contributed by atoms with van der Waals surface area (Å²) in [5.41, 5.74) is -0.642. The van der Waals surface area contributed by atoms with E-state index < -0.39 is 29.4 Å². The van der Waals surface area contributed by atoms with E-state index in [-0.39, 0.29) is 56.9 Å². The highest BCUT2D eigenvalue weighted by Gasteiger charge is 2.35. The van der Waals surface area contributed by atoms with Crippen molar-refractivity contribution in [2.75, 3.05) is 26.3 Å². The van der Waals surface area contributed by atoms with Gasteiger partial charge >= 0.3 is 11.9 Å². The summed E-state index contributed by atoms with van der Waals surface area (Å²) in [6.07, 6.45) is 5.62. The number of ether oxygens (including phenoxy) is 2. The Labute approximate surface area is 189 Å². The minimum Gasteiger partial charge on any atom is -0.463 e. The number of amides is 2. The Bertz CT molecular complexity index is 714. The van der Waals surface area contributed by atoms with E-state index in [0.29, 0.717) is 13.0 Å².